The Labute approximate surface area is 150 Å². The third-order valence-electron chi connectivity index (χ3n) is 3.43. The Morgan fingerprint density at radius 1 is 0.917 bits per heavy atom. The van der Waals surface area contributed by atoms with Gasteiger partial charge in [0.2, 0.25) is 0 Å². The van der Waals surface area contributed by atoms with Gasteiger partial charge >= 0.3 is 25.9 Å². The van der Waals surface area contributed by atoms with Gasteiger partial charge in [0.25, 0.3) is 0 Å². The van der Waals surface area contributed by atoms with Gasteiger partial charge in [-0.15, -0.1) is 6.58 Å². The summed E-state index contributed by atoms with van der Waals surface area (Å²) in [7, 11) is -9.24. The number of hydrogen-bond donors (Lipinski definition) is 1. The van der Waals surface area contributed by atoms with Crippen LogP contribution in [-0.4, -0.2) is 46.1 Å². The molecule has 0 fully saturated rings. The van der Waals surface area contributed by atoms with Crippen LogP contribution in [0.1, 0.15) is 0 Å². The molecule has 0 amide bonds. The van der Waals surface area contributed by atoms with E-state index in [2.05, 4.69) is 19.7 Å². The summed E-state index contributed by atoms with van der Waals surface area (Å²) >= 11 is 0. The zero-order valence-electron chi connectivity index (χ0n) is 15.8. The van der Waals surface area contributed by atoms with Crippen LogP contribution in [0.2, 0.25) is 39.3 Å². The van der Waals surface area contributed by atoms with Crippen LogP contribution in [0.15, 0.2) is 42.6 Å². The molecule has 2 atom stereocenters. The first-order chi connectivity index (χ1) is 10.8. The van der Waals surface area contributed by atoms with Crippen molar-refractivity contribution >= 4 is 39.4 Å². The lowest BCUT2D eigenvalue weighted by atomic mass is 10.4. The van der Waals surface area contributed by atoms with Crippen molar-refractivity contribution in [2.75, 3.05) is 7.11 Å². The maximum Gasteiger partial charge on any atom is 0.479 e. The van der Waals surface area contributed by atoms with Crippen LogP contribution in [0.3, 0.4) is 0 Å². The molecule has 2 unspecified atom stereocenters. The normalized spacial score (nSPS) is 17.8. The van der Waals surface area contributed by atoms with Gasteiger partial charge < -0.3 is 21.6 Å². The Bertz CT molecular complexity index is 549. The van der Waals surface area contributed by atoms with E-state index >= 15 is 0 Å². The highest BCUT2D eigenvalue weighted by molar-refractivity contribution is 6.95. The second-order valence-electron chi connectivity index (χ2n) is 6.94. The minimum Gasteiger partial charge on any atom is -0.430 e. The standard InChI is InChI=1S/C15H30O5Si4/c1-9-21(3,4)18-23(7,15-13-11-10-12-14-15)20-24(8,17-2)19-22(5,6)16/h9-14,16H,1H2,2-8H3. The Morgan fingerprint density at radius 2 is 1.46 bits per heavy atom. The lowest BCUT2D eigenvalue weighted by Crippen LogP contribution is -2.64. The number of benzene rings is 1. The third-order valence-corrected chi connectivity index (χ3v) is 16.7. The van der Waals surface area contributed by atoms with Crippen molar-refractivity contribution in [2.45, 2.75) is 39.3 Å². The summed E-state index contributed by atoms with van der Waals surface area (Å²) in [5.74, 6) is 0. The molecule has 1 rings (SSSR count). The van der Waals surface area contributed by atoms with Crippen molar-refractivity contribution in [3.8, 4) is 0 Å². The molecule has 0 aliphatic carbocycles. The molecule has 1 aromatic rings. The van der Waals surface area contributed by atoms with E-state index in [0.717, 1.165) is 5.19 Å². The molecule has 0 bridgehead atoms. The minimum absolute atomic E-state index is 1.00. The fraction of sp³-hybridized carbons (Fsp3) is 0.467. The Balaban J connectivity index is 3.25. The summed E-state index contributed by atoms with van der Waals surface area (Å²) in [5.41, 5.74) is 1.89. The Kier molecular flexibility index (Phi) is 7.12. The van der Waals surface area contributed by atoms with Crippen molar-refractivity contribution in [3.05, 3.63) is 42.6 Å². The van der Waals surface area contributed by atoms with Crippen LogP contribution in [0.5, 0.6) is 0 Å². The van der Waals surface area contributed by atoms with Crippen molar-refractivity contribution < 1.29 is 21.6 Å². The average Bonchev–Trinajstić information content (AvgIpc) is 2.45. The molecule has 0 saturated heterocycles. The molecule has 5 nitrogen and oxygen atoms in total. The highest BCUT2D eigenvalue weighted by Gasteiger charge is 2.50. The molecule has 1 N–H and O–H groups in total. The summed E-state index contributed by atoms with van der Waals surface area (Å²) in [5, 5.41) is 1.00. The first-order valence-corrected chi connectivity index (χ1v) is 18.3. The summed E-state index contributed by atoms with van der Waals surface area (Å²) in [6.07, 6.45) is 0. The molecule has 1 aromatic carbocycles. The summed E-state index contributed by atoms with van der Waals surface area (Å²) in [6.45, 7) is 15.3. The summed E-state index contributed by atoms with van der Waals surface area (Å²) < 4.78 is 24.4. The maximum atomic E-state index is 10.2. The zero-order chi connectivity index (χ0) is 18.6. The first kappa shape index (κ1) is 21.7. The number of hydrogen-bond acceptors (Lipinski definition) is 5. The van der Waals surface area contributed by atoms with Crippen LogP contribution in [-0.2, 0) is 16.8 Å². The molecule has 24 heavy (non-hydrogen) atoms. The fourth-order valence-electron chi connectivity index (χ4n) is 2.33. The van der Waals surface area contributed by atoms with Gasteiger partial charge in [0, 0.05) is 13.7 Å². The van der Waals surface area contributed by atoms with E-state index in [1.54, 1.807) is 26.8 Å². The van der Waals surface area contributed by atoms with Gasteiger partial charge in [0.15, 0.2) is 8.32 Å². The van der Waals surface area contributed by atoms with E-state index in [4.69, 9.17) is 16.8 Å². The van der Waals surface area contributed by atoms with Crippen LogP contribution in [0.4, 0.5) is 0 Å². The first-order valence-electron chi connectivity index (χ1n) is 7.92. The van der Waals surface area contributed by atoms with Gasteiger partial charge in [-0.05, 0) is 37.9 Å². The largest absolute Gasteiger partial charge is 0.479 e. The van der Waals surface area contributed by atoms with Crippen molar-refractivity contribution in [2.24, 2.45) is 0 Å². The molecule has 0 saturated carbocycles. The second kappa shape index (κ2) is 7.89. The summed E-state index contributed by atoms with van der Waals surface area (Å²) in [6, 6.07) is 9.90. The second-order valence-corrected chi connectivity index (χ2v) is 20.5. The highest BCUT2D eigenvalue weighted by Crippen LogP contribution is 2.24. The lowest BCUT2D eigenvalue weighted by Gasteiger charge is -2.40. The Hall–Kier alpha value is -0.372. The maximum absolute atomic E-state index is 10.2. The van der Waals surface area contributed by atoms with E-state index in [1.165, 1.54) is 0 Å². The van der Waals surface area contributed by atoms with Gasteiger partial charge in [-0.3, -0.25) is 0 Å². The highest BCUT2D eigenvalue weighted by atomic mass is 28.5. The third kappa shape index (κ3) is 6.50. The monoisotopic (exact) mass is 402 g/mol. The molecule has 0 aliphatic rings. The minimum atomic E-state index is -3.05. The van der Waals surface area contributed by atoms with Gasteiger partial charge in [-0.1, -0.05) is 36.0 Å². The van der Waals surface area contributed by atoms with Crippen molar-refractivity contribution in [1.82, 2.24) is 0 Å². The van der Waals surface area contributed by atoms with Crippen LogP contribution in [0.25, 0.3) is 0 Å². The van der Waals surface area contributed by atoms with Gasteiger partial charge in [0.05, 0.1) is 0 Å². The predicted molar refractivity (Wildman–Crippen MR) is 107 cm³/mol. The molecular weight excluding hydrogens is 373 g/mol. The molecular formula is C15H30O5Si4. The van der Waals surface area contributed by atoms with Crippen LogP contribution in [0, 0.1) is 0 Å². The average molecular weight is 403 g/mol. The Morgan fingerprint density at radius 3 is 1.88 bits per heavy atom. The van der Waals surface area contributed by atoms with Crippen LogP contribution >= 0.6 is 0 Å². The topological polar surface area (TPSA) is 57.2 Å². The van der Waals surface area contributed by atoms with Crippen molar-refractivity contribution in [1.29, 1.82) is 0 Å². The van der Waals surface area contributed by atoms with Gasteiger partial charge in [-0.2, -0.15) is 0 Å². The van der Waals surface area contributed by atoms with E-state index in [-0.39, 0.29) is 0 Å². The zero-order valence-corrected chi connectivity index (χ0v) is 19.8. The van der Waals surface area contributed by atoms with E-state index in [0.29, 0.717) is 0 Å². The van der Waals surface area contributed by atoms with Gasteiger partial charge in [0.1, 0.15) is 0 Å². The fourth-order valence-corrected chi connectivity index (χ4v) is 16.6. The van der Waals surface area contributed by atoms with E-state index < -0.39 is 34.2 Å². The molecule has 0 heterocycles. The number of rotatable bonds is 9. The van der Waals surface area contributed by atoms with Crippen molar-refractivity contribution in [3.63, 3.8) is 0 Å². The molecule has 0 radical (unpaired) electrons. The summed E-state index contributed by atoms with van der Waals surface area (Å²) in [4.78, 5) is 10.2. The van der Waals surface area contributed by atoms with Crippen LogP contribution < -0.4 is 5.19 Å². The quantitative estimate of drug-likeness (QED) is 0.644. The van der Waals surface area contributed by atoms with E-state index in [9.17, 15) is 4.80 Å². The molecule has 0 aromatic heterocycles. The molecule has 136 valence electrons. The van der Waals surface area contributed by atoms with E-state index in [1.807, 2.05) is 42.6 Å². The smallest absolute Gasteiger partial charge is 0.430 e. The van der Waals surface area contributed by atoms with Gasteiger partial charge in [-0.25, -0.2) is 0 Å². The lowest BCUT2D eigenvalue weighted by molar-refractivity contribution is 0.177. The SMILES string of the molecule is C=C[Si](C)(C)O[Si](C)(O[Si](C)(OC)O[Si](C)(C)O)c1ccccc1. The molecule has 0 spiro atoms. The molecule has 9 heteroatoms. The molecule has 0 aliphatic heterocycles. The predicted octanol–water partition coefficient (Wildman–Crippen LogP) is 2.85.